The van der Waals surface area contributed by atoms with E-state index in [2.05, 4.69) is 11.9 Å². The maximum Gasteiger partial charge on any atom is 0.247 e. The van der Waals surface area contributed by atoms with E-state index in [1.165, 1.54) is 6.26 Å². The largest absolute Gasteiger partial charge is 0.469 e. The number of amides is 2. The third kappa shape index (κ3) is 2.55. The van der Waals surface area contributed by atoms with Crippen molar-refractivity contribution < 1.29 is 14.0 Å². The van der Waals surface area contributed by atoms with Crippen molar-refractivity contribution in [2.24, 2.45) is 0 Å². The summed E-state index contributed by atoms with van der Waals surface area (Å²) in [6, 6.07) is 3.06. The second-order valence-electron chi connectivity index (χ2n) is 3.91. The van der Waals surface area contributed by atoms with Gasteiger partial charge in [0.05, 0.1) is 19.2 Å². The van der Waals surface area contributed by atoms with Crippen LogP contribution < -0.4 is 5.32 Å². The molecule has 1 aromatic rings. The molecule has 1 atom stereocenters. The van der Waals surface area contributed by atoms with Crippen molar-refractivity contribution in [1.29, 1.82) is 0 Å². The van der Waals surface area contributed by atoms with Crippen LogP contribution in [0.25, 0.3) is 0 Å². The smallest absolute Gasteiger partial charge is 0.247 e. The first kappa shape index (κ1) is 11.4. The number of hydrogen-bond acceptors (Lipinski definition) is 3. The summed E-state index contributed by atoms with van der Waals surface area (Å²) in [5, 5.41) is 2.67. The Morgan fingerprint density at radius 2 is 2.53 bits per heavy atom. The molecule has 0 saturated carbocycles. The Hall–Kier alpha value is -2.04. The van der Waals surface area contributed by atoms with Gasteiger partial charge >= 0.3 is 0 Å². The molecule has 0 bridgehead atoms. The second kappa shape index (κ2) is 4.86. The van der Waals surface area contributed by atoms with Crippen LogP contribution in [-0.4, -0.2) is 35.8 Å². The highest BCUT2D eigenvalue weighted by molar-refractivity contribution is 5.92. The minimum Gasteiger partial charge on any atom is -0.469 e. The van der Waals surface area contributed by atoms with Gasteiger partial charge in [0.2, 0.25) is 11.8 Å². The number of carbonyl (C=O) groups excluding carboxylic acids is 2. The van der Waals surface area contributed by atoms with E-state index in [1.807, 2.05) is 0 Å². The summed E-state index contributed by atoms with van der Waals surface area (Å²) in [6.45, 7) is 4.64. The molecule has 1 aliphatic rings. The van der Waals surface area contributed by atoms with Crippen molar-refractivity contribution in [1.82, 2.24) is 10.2 Å². The first-order valence-electron chi connectivity index (χ1n) is 5.42. The van der Waals surface area contributed by atoms with E-state index < -0.39 is 6.04 Å². The van der Waals surface area contributed by atoms with E-state index in [1.54, 1.807) is 23.1 Å². The van der Waals surface area contributed by atoms with Crippen molar-refractivity contribution in [2.45, 2.75) is 12.5 Å². The Morgan fingerprint density at radius 1 is 1.71 bits per heavy atom. The van der Waals surface area contributed by atoms with Crippen LogP contribution >= 0.6 is 0 Å². The van der Waals surface area contributed by atoms with Crippen molar-refractivity contribution in [3.8, 4) is 0 Å². The Balaban J connectivity index is 1.77. The number of hydrogen-bond donors (Lipinski definition) is 1. The maximum atomic E-state index is 11.6. The third-order valence-electron chi connectivity index (χ3n) is 2.61. The number of nitrogens with zero attached hydrogens (tertiary/aromatic N) is 1. The molecule has 1 unspecified atom stereocenters. The third-order valence-corrected chi connectivity index (χ3v) is 2.61. The molecular weight excluding hydrogens is 220 g/mol. The first-order chi connectivity index (χ1) is 8.20. The quantitative estimate of drug-likeness (QED) is 0.590. The molecule has 1 saturated heterocycles. The van der Waals surface area contributed by atoms with Crippen LogP contribution in [0.5, 0.6) is 0 Å². The summed E-state index contributed by atoms with van der Waals surface area (Å²) in [6.07, 6.45) is 3.35. The van der Waals surface area contributed by atoms with Crippen LogP contribution in [0.3, 0.4) is 0 Å². The highest BCUT2D eigenvalue weighted by Gasteiger charge is 2.36. The molecule has 1 fully saturated rings. The van der Waals surface area contributed by atoms with Gasteiger partial charge in [-0.1, -0.05) is 6.08 Å². The topological polar surface area (TPSA) is 62.6 Å². The molecule has 5 heteroatoms. The Labute approximate surface area is 99.1 Å². The van der Waals surface area contributed by atoms with E-state index >= 15 is 0 Å². The van der Waals surface area contributed by atoms with Crippen molar-refractivity contribution in [2.75, 3.05) is 13.1 Å². The molecule has 0 spiro atoms. The molecule has 1 aliphatic heterocycles. The molecule has 17 heavy (non-hydrogen) atoms. The zero-order valence-corrected chi connectivity index (χ0v) is 9.39. The van der Waals surface area contributed by atoms with Gasteiger partial charge in [-0.25, -0.2) is 0 Å². The zero-order valence-electron chi connectivity index (χ0n) is 9.39. The molecule has 5 nitrogen and oxygen atoms in total. The zero-order chi connectivity index (χ0) is 12.3. The van der Waals surface area contributed by atoms with Crippen LogP contribution in [0.1, 0.15) is 5.76 Å². The molecule has 0 aromatic carbocycles. The fraction of sp³-hybridized carbons (Fsp3) is 0.333. The van der Waals surface area contributed by atoms with Crippen molar-refractivity contribution in [3.63, 3.8) is 0 Å². The minimum absolute atomic E-state index is 0.0577. The molecule has 1 aromatic heterocycles. The standard InChI is InChI=1S/C12H14N2O3/c1-2-5-14-8-10(12(14)16)13-11(15)7-9-4-3-6-17-9/h2-4,6,10H,1,5,7-8H2,(H,13,15). The number of likely N-dealkylation sites (tertiary alicyclic amines) is 1. The Bertz CT molecular complexity index is 425. The summed E-state index contributed by atoms with van der Waals surface area (Å²) in [5.74, 6) is 0.339. The molecule has 2 rings (SSSR count). The molecule has 0 aliphatic carbocycles. The van der Waals surface area contributed by atoms with Gasteiger partial charge in [-0.05, 0) is 12.1 Å². The van der Waals surface area contributed by atoms with Crippen LogP contribution in [0.15, 0.2) is 35.5 Å². The van der Waals surface area contributed by atoms with E-state index in [0.29, 0.717) is 18.8 Å². The number of carbonyl (C=O) groups is 2. The lowest BCUT2D eigenvalue weighted by Gasteiger charge is -2.37. The normalized spacial score (nSPS) is 18.7. The highest BCUT2D eigenvalue weighted by atomic mass is 16.3. The SMILES string of the molecule is C=CCN1CC(NC(=O)Cc2ccco2)C1=O. The Morgan fingerprint density at radius 3 is 3.12 bits per heavy atom. The van der Waals surface area contributed by atoms with Crippen molar-refractivity contribution >= 4 is 11.8 Å². The lowest BCUT2D eigenvalue weighted by molar-refractivity contribution is -0.145. The number of nitrogens with one attached hydrogen (secondary N) is 1. The van der Waals surface area contributed by atoms with Crippen LogP contribution in [0.4, 0.5) is 0 Å². The van der Waals surface area contributed by atoms with Gasteiger partial charge in [0.15, 0.2) is 0 Å². The summed E-state index contributed by atoms with van der Waals surface area (Å²) < 4.78 is 5.05. The summed E-state index contributed by atoms with van der Waals surface area (Å²) in [7, 11) is 0. The molecule has 90 valence electrons. The van der Waals surface area contributed by atoms with E-state index in [-0.39, 0.29) is 18.2 Å². The fourth-order valence-electron chi connectivity index (χ4n) is 1.74. The van der Waals surface area contributed by atoms with Gasteiger partial charge < -0.3 is 14.6 Å². The van der Waals surface area contributed by atoms with Crippen molar-refractivity contribution in [3.05, 3.63) is 36.8 Å². The average Bonchev–Trinajstić information content (AvgIpc) is 2.80. The molecule has 1 N–H and O–H groups in total. The van der Waals surface area contributed by atoms with E-state index in [4.69, 9.17) is 4.42 Å². The summed E-state index contributed by atoms with van der Waals surface area (Å²) >= 11 is 0. The molecular formula is C12H14N2O3. The van der Waals surface area contributed by atoms with Gasteiger partial charge in [-0.2, -0.15) is 0 Å². The van der Waals surface area contributed by atoms with E-state index in [0.717, 1.165) is 0 Å². The molecule has 2 amide bonds. The monoisotopic (exact) mass is 234 g/mol. The van der Waals surface area contributed by atoms with Crippen LogP contribution in [0.2, 0.25) is 0 Å². The molecule has 2 heterocycles. The molecule has 0 radical (unpaired) electrons. The van der Waals surface area contributed by atoms with Gasteiger partial charge in [-0.3, -0.25) is 9.59 Å². The Kier molecular flexibility index (Phi) is 3.27. The second-order valence-corrected chi connectivity index (χ2v) is 3.91. The van der Waals surface area contributed by atoms with Crippen LogP contribution in [-0.2, 0) is 16.0 Å². The average molecular weight is 234 g/mol. The maximum absolute atomic E-state index is 11.6. The number of rotatable bonds is 5. The van der Waals surface area contributed by atoms with E-state index in [9.17, 15) is 9.59 Å². The lowest BCUT2D eigenvalue weighted by Crippen LogP contribution is -2.63. The van der Waals surface area contributed by atoms with Gasteiger partial charge in [-0.15, -0.1) is 6.58 Å². The van der Waals surface area contributed by atoms with Gasteiger partial charge in [0.1, 0.15) is 11.8 Å². The summed E-state index contributed by atoms with van der Waals surface area (Å²) in [4.78, 5) is 24.7. The predicted octanol–water partition coefficient (Wildman–Crippen LogP) is 0.335. The number of β-lactam (4-membered cyclic amide) rings is 1. The minimum atomic E-state index is -0.391. The lowest BCUT2D eigenvalue weighted by atomic mass is 10.1. The predicted molar refractivity (Wildman–Crippen MR) is 61.1 cm³/mol. The summed E-state index contributed by atoms with van der Waals surface area (Å²) in [5.41, 5.74) is 0. The van der Waals surface area contributed by atoms with Gasteiger partial charge in [0, 0.05) is 6.54 Å². The number of furan rings is 1. The van der Waals surface area contributed by atoms with Crippen LogP contribution in [0, 0.1) is 0 Å². The van der Waals surface area contributed by atoms with Gasteiger partial charge in [0.25, 0.3) is 0 Å². The fourth-order valence-corrected chi connectivity index (χ4v) is 1.74. The first-order valence-corrected chi connectivity index (χ1v) is 5.42. The highest BCUT2D eigenvalue weighted by Crippen LogP contribution is 2.10.